The quantitative estimate of drug-likeness (QED) is 0.845. The van der Waals surface area contributed by atoms with Gasteiger partial charge in [-0.15, -0.1) is 0 Å². The van der Waals surface area contributed by atoms with Gasteiger partial charge in [0.05, 0.1) is 0 Å². The normalized spacial score (nSPS) is 17.1. The number of benzene rings is 2. The van der Waals surface area contributed by atoms with E-state index in [1.54, 1.807) is 25.1 Å². The second-order valence-electron chi connectivity index (χ2n) is 6.42. The third kappa shape index (κ3) is 3.40. The number of piperazine rings is 1. The van der Waals surface area contributed by atoms with Crippen LogP contribution in [0.15, 0.2) is 48.5 Å². The average molecular weight is 354 g/mol. The van der Waals surface area contributed by atoms with Crippen LogP contribution in [0.3, 0.4) is 0 Å². The molecule has 2 aromatic rings. The summed E-state index contributed by atoms with van der Waals surface area (Å²) in [6.45, 7) is 5.06. The summed E-state index contributed by atoms with van der Waals surface area (Å²) < 4.78 is 16.5. The van der Waals surface area contributed by atoms with E-state index < -0.39 is 6.10 Å². The van der Waals surface area contributed by atoms with E-state index in [9.17, 15) is 4.79 Å². The molecule has 0 N–H and O–H groups in total. The highest BCUT2D eigenvalue weighted by Crippen LogP contribution is 2.35. The van der Waals surface area contributed by atoms with Crippen molar-refractivity contribution in [3.63, 3.8) is 0 Å². The minimum absolute atomic E-state index is 0.00961. The SMILES string of the molecule is CC(Oc1ccc2c(c1)OCO2)C(=O)N1CCN(c2ccccc2)CC1. The lowest BCUT2D eigenvalue weighted by Gasteiger charge is -2.37. The maximum atomic E-state index is 12.7. The zero-order valence-corrected chi connectivity index (χ0v) is 14.8. The summed E-state index contributed by atoms with van der Waals surface area (Å²) in [5.41, 5.74) is 1.20. The Balaban J connectivity index is 1.33. The molecule has 1 amide bonds. The molecule has 0 bridgehead atoms. The Labute approximate surface area is 152 Å². The number of amides is 1. The number of carbonyl (C=O) groups excluding carboxylic acids is 1. The van der Waals surface area contributed by atoms with Crippen molar-refractivity contribution in [2.45, 2.75) is 13.0 Å². The molecule has 1 saturated heterocycles. The zero-order chi connectivity index (χ0) is 17.9. The van der Waals surface area contributed by atoms with E-state index >= 15 is 0 Å². The van der Waals surface area contributed by atoms with Gasteiger partial charge in [0.1, 0.15) is 5.75 Å². The maximum Gasteiger partial charge on any atom is 0.263 e. The van der Waals surface area contributed by atoms with Gasteiger partial charge in [-0.3, -0.25) is 4.79 Å². The fourth-order valence-corrected chi connectivity index (χ4v) is 3.29. The lowest BCUT2D eigenvalue weighted by molar-refractivity contribution is -0.138. The minimum atomic E-state index is -0.543. The number of nitrogens with zero attached hydrogens (tertiary/aromatic N) is 2. The van der Waals surface area contributed by atoms with Gasteiger partial charge in [-0.05, 0) is 31.2 Å². The van der Waals surface area contributed by atoms with E-state index in [1.807, 2.05) is 23.1 Å². The van der Waals surface area contributed by atoms with Crippen molar-refractivity contribution in [1.29, 1.82) is 0 Å². The fourth-order valence-electron chi connectivity index (χ4n) is 3.29. The molecule has 1 atom stereocenters. The van der Waals surface area contributed by atoms with Crippen molar-refractivity contribution in [3.8, 4) is 17.2 Å². The summed E-state index contributed by atoms with van der Waals surface area (Å²) in [7, 11) is 0. The van der Waals surface area contributed by atoms with E-state index in [2.05, 4.69) is 17.0 Å². The summed E-state index contributed by atoms with van der Waals surface area (Å²) in [6.07, 6.45) is -0.543. The van der Waals surface area contributed by atoms with E-state index in [0.29, 0.717) is 30.3 Å². The van der Waals surface area contributed by atoms with Crippen LogP contribution in [0.25, 0.3) is 0 Å². The van der Waals surface area contributed by atoms with Crippen LogP contribution in [0.2, 0.25) is 0 Å². The van der Waals surface area contributed by atoms with Crippen LogP contribution in [-0.4, -0.2) is 49.9 Å². The molecule has 2 aliphatic rings. The van der Waals surface area contributed by atoms with Crippen LogP contribution < -0.4 is 19.1 Å². The fraction of sp³-hybridized carbons (Fsp3) is 0.350. The van der Waals surface area contributed by atoms with Crippen LogP contribution in [0.1, 0.15) is 6.92 Å². The zero-order valence-electron chi connectivity index (χ0n) is 14.8. The van der Waals surface area contributed by atoms with Crippen molar-refractivity contribution in [2.24, 2.45) is 0 Å². The largest absolute Gasteiger partial charge is 0.481 e. The Morgan fingerprint density at radius 1 is 1.00 bits per heavy atom. The Morgan fingerprint density at radius 3 is 2.50 bits per heavy atom. The smallest absolute Gasteiger partial charge is 0.263 e. The van der Waals surface area contributed by atoms with Gasteiger partial charge in [0, 0.05) is 37.9 Å². The number of anilines is 1. The molecular formula is C20H22N2O4. The van der Waals surface area contributed by atoms with Gasteiger partial charge in [-0.25, -0.2) is 0 Å². The Bertz CT molecular complexity index is 773. The molecule has 2 heterocycles. The van der Waals surface area contributed by atoms with Crippen molar-refractivity contribution in [2.75, 3.05) is 37.9 Å². The van der Waals surface area contributed by atoms with Gasteiger partial charge in [0.25, 0.3) is 5.91 Å². The number of hydrogen-bond acceptors (Lipinski definition) is 5. The topological polar surface area (TPSA) is 51.2 Å². The first-order valence-corrected chi connectivity index (χ1v) is 8.86. The van der Waals surface area contributed by atoms with Crippen molar-refractivity contribution in [3.05, 3.63) is 48.5 Å². The summed E-state index contributed by atoms with van der Waals surface area (Å²) in [4.78, 5) is 16.9. The maximum absolute atomic E-state index is 12.7. The molecule has 1 unspecified atom stereocenters. The number of para-hydroxylation sites is 1. The third-order valence-corrected chi connectivity index (χ3v) is 4.72. The first-order valence-electron chi connectivity index (χ1n) is 8.86. The van der Waals surface area contributed by atoms with Gasteiger partial charge in [0.2, 0.25) is 6.79 Å². The molecule has 136 valence electrons. The standard InChI is InChI=1S/C20H22N2O4/c1-15(26-17-7-8-18-19(13-17)25-14-24-18)20(23)22-11-9-21(10-12-22)16-5-3-2-4-6-16/h2-8,13,15H,9-12,14H2,1H3. The van der Waals surface area contributed by atoms with Crippen molar-refractivity contribution < 1.29 is 19.0 Å². The molecule has 0 spiro atoms. The molecule has 6 heteroatoms. The highest BCUT2D eigenvalue weighted by molar-refractivity contribution is 5.81. The van der Waals surface area contributed by atoms with Gasteiger partial charge < -0.3 is 24.0 Å². The second kappa shape index (κ2) is 7.15. The predicted molar refractivity (Wildman–Crippen MR) is 97.9 cm³/mol. The molecule has 0 aliphatic carbocycles. The Kier molecular flexibility index (Phi) is 4.56. The summed E-state index contributed by atoms with van der Waals surface area (Å²) in [5, 5.41) is 0. The number of carbonyl (C=O) groups is 1. The number of ether oxygens (including phenoxy) is 3. The first kappa shape index (κ1) is 16.6. The lowest BCUT2D eigenvalue weighted by Crippen LogP contribution is -2.52. The first-order chi connectivity index (χ1) is 12.7. The second-order valence-corrected chi connectivity index (χ2v) is 6.42. The molecule has 2 aliphatic heterocycles. The molecule has 0 saturated carbocycles. The van der Waals surface area contributed by atoms with E-state index in [4.69, 9.17) is 14.2 Å². The molecule has 0 aromatic heterocycles. The molecular weight excluding hydrogens is 332 g/mol. The lowest BCUT2D eigenvalue weighted by atomic mass is 10.2. The highest BCUT2D eigenvalue weighted by Gasteiger charge is 2.26. The summed E-state index contributed by atoms with van der Waals surface area (Å²) >= 11 is 0. The number of hydrogen-bond donors (Lipinski definition) is 0. The van der Waals surface area contributed by atoms with E-state index in [1.165, 1.54) is 5.69 Å². The molecule has 4 rings (SSSR count). The molecule has 2 aromatic carbocycles. The van der Waals surface area contributed by atoms with Gasteiger partial charge in [-0.2, -0.15) is 0 Å². The molecule has 1 fully saturated rings. The van der Waals surface area contributed by atoms with Crippen molar-refractivity contribution >= 4 is 11.6 Å². The molecule has 0 radical (unpaired) electrons. The van der Waals surface area contributed by atoms with Crippen LogP contribution in [-0.2, 0) is 4.79 Å². The van der Waals surface area contributed by atoms with E-state index in [0.717, 1.165) is 13.1 Å². The van der Waals surface area contributed by atoms with Crippen LogP contribution in [0, 0.1) is 0 Å². The van der Waals surface area contributed by atoms with Crippen LogP contribution in [0.5, 0.6) is 17.2 Å². The molecule has 6 nitrogen and oxygen atoms in total. The number of fused-ring (bicyclic) bond motifs is 1. The monoisotopic (exact) mass is 354 g/mol. The van der Waals surface area contributed by atoms with Gasteiger partial charge in [0.15, 0.2) is 17.6 Å². The summed E-state index contributed by atoms with van der Waals surface area (Å²) in [6, 6.07) is 15.6. The number of rotatable bonds is 4. The Morgan fingerprint density at radius 2 is 1.73 bits per heavy atom. The van der Waals surface area contributed by atoms with Gasteiger partial charge >= 0.3 is 0 Å². The molecule has 26 heavy (non-hydrogen) atoms. The van der Waals surface area contributed by atoms with Crippen molar-refractivity contribution in [1.82, 2.24) is 4.90 Å². The minimum Gasteiger partial charge on any atom is -0.481 e. The summed E-state index contributed by atoms with van der Waals surface area (Å²) in [5.74, 6) is 1.97. The van der Waals surface area contributed by atoms with Crippen LogP contribution in [0.4, 0.5) is 5.69 Å². The third-order valence-electron chi connectivity index (χ3n) is 4.72. The van der Waals surface area contributed by atoms with E-state index in [-0.39, 0.29) is 12.7 Å². The Hall–Kier alpha value is -2.89. The average Bonchev–Trinajstić information content (AvgIpc) is 3.16. The van der Waals surface area contributed by atoms with Crippen LogP contribution >= 0.6 is 0 Å². The van der Waals surface area contributed by atoms with Gasteiger partial charge in [-0.1, -0.05) is 18.2 Å². The highest BCUT2D eigenvalue weighted by atomic mass is 16.7. The predicted octanol–water partition coefficient (Wildman–Crippen LogP) is 2.53.